The van der Waals surface area contributed by atoms with Gasteiger partial charge in [-0.3, -0.25) is 0 Å². The van der Waals surface area contributed by atoms with Crippen molar-refractivity contribution >= 4 is 0 Å². The highest BCUT2D eigenvalue weighted by Gasteiger charge is 2.23. The van der Waals surface area contributed by atoms with Crippen LogP contribution in [0.2, 0.25) is 0 Å². The van der Waals surface area contributed by atoms with Gasteiger partial charge in [0, 0.05) is 12.1 Å². The van der Waals surface area contributed by atoms with Gasteiger partial charge in [-0.15, -0.1) is 0 Å². The zero-order chi connectivity index (χ0) is 11.3. The largest absolute Gasteiger partial charge is 0.301 e. The van der Waals surface area contributed by atoms with E-state index in [4.69, 9.17) is 0 Å². The molecule has 0 amide bonds. The molecule has 0 N–H and O–H groups in total. The number of nitrogens with zero attached hydrogens (tertiary/aromatic N) is 2. The minimum absolute atomic E-state index is 0.729. The molecule has 0 atom stereocenters. The predicted octanol–water partition coefficient (Wildman–Crippen LogP) is 2.59. The summed E-state index contributed by atoms with van der Waals surface area (Å²) in [6.45, 7) is 14.3. The van der Waals surface area contributed by atoms with Crippen molar-refractivity contribution in [2.24, 2.45) is 0 Å². The van der Waals surface area contributed by atoms with Crippen LogP contribution in [0.25, 0.3) is 0 Å². The lowest BCUT2D eigenvalue weighted by Gasteiger charge is -2.39. The number of hydrogen-bond donors (Lipinski definition) is 0. The Kier molecular flexibility index (Phi) is 5.62. The zero-order valence-electron chi connectivity index (χ0n) is 11.0. The van der Waals surface area contributed by atoms with Crippen LogP contribution < -0.4 is 0 Å². The minimum atomic E-state index is 0.729. The molecule has 0 unspecified atom stereocenters. The first-order chi connectivity index (χ1) is 7.19. The predicted molar refractivity (Wildman–Crippen MR) is 67.3 cm³/mol. The van der Waals surface area contributed by atoms with E-state index in [-0.39, 0.29) is 0 Å². The fraction of sp³-hybridized carbons (Fsp3) is 1.00. The smallest absolute Gasteiger partial charge is 0.0119 e. The summed E-state index contributed by atoms with van der Waals surface area (Å²) in [5, 5.41) is 0. The Morgan fingerprint density at radius 1 is 1.20 bits per heavy atom. The lowest BCUT2D eigenvalue weighted by atomic mass is 10.0. The minimum Gasteiger partial charge on any atom is -0.301 e. The average molecular weight is 212 g/mol. The lowest BCUT2D eigenvalue weighted by molar-refractivity contribution is 0.0954. The average Bonchev–Trinajstić information content (AvgIpc) is 2.26. The van der Waals surface area contributed by atoms with Crippen molar-refractivity contribution in [1.82, 2.24) is 9.80 Å². The van der Waals surface area contributed by atoms with Crippen LogP contribution in [0.15, 0.2) is 0 Å². The van der Waals surface area contributed by atoms with Gasteiger partial charge in [0.2, 0.25) is 0 Å². The van der Waals surface area contributed by atoms with E-state index in [1.807, 2.05) is 0 Å². The first-order valence-electron chi connectivity index (χ1n) is 6.67. The van der Waals surface area contributed by atoms with Crippen molar-refractivity contribution in [1.29, 1.82) is 0 Å². The van der Waals surface area contributed by atoms with E-state index in [9.17, 15) is 0 Å². The van der Waals surface area contributed by atoms with E-state index in [2.05, 4.69) is 37.5 Å². The lowest BCUT2D eigenvalue weighted by Crippen LogP contribution is -2.47. The number of piperidine rings is 1. The van der Waals surface area contributed by atoms with E-state index in [0.29, 0.717) is 0 Å². The molecule has 90 valence electrons. The summed E-state index contributed by atoms with van der Waals surface area (Å²) in [4.78, 5) is 5.27. The normalized spacial score (nSPS) is 20.4. The molecule has 15 heavy (non-hydrogen) atoms. The molecular weight excluding hydrogens is 184 g/mol. The maximum atomic E-state index is 2.66. The van der Waals surface area contributed by atoms with Gasteiger partial charge >= 0.3 is 0 Å². The van der Waals surface area contributed by atoms with Gasteiger partial charge in [-0.1, -0.05) is 13.8 Å². The summed E-state index contributed by atoms with van der Waals surface area (Å²) >= 11 is 0. The maximum absolute atomic E-state index is 2.66. The molecule has 0 aromatic heterocycles. The van der Waals surface area contributed by atoms with Gasteiger partial charge in [-0.05, 0) is 59.3 Å². The van der Waals surface area contributed by atoms with Crippen LogP contribution in [-0.4, -0.2) is 48.1 Å². The van der Waals surface area contributed by atoms with Crippen molar-refractivity contribution < 1.29 is 0 Å². The molecule has 0 radical (unpaired) electrons. The molecular formula is C13H28N2. The second kappa shape index (κ2) is 6.49. The molecule has 1 rings (SSSR count). The van der Waals surface area contributed by atoms with Gasteiger partial charge in [0.05, 0.1) is 0 Å². The van der Waals surface area contributed by atoms with Crippen LogP contribution >= 0.6 is 0 Å². The molecule has 0 saturated carbocycles. The molecule has 1 aliphatic rings. The van der Waals surface area contributed by atoms with E-state index in [1.54, 1.807) is 0 Å². The first kappa shape index (κ1) is 13.0. The van der Waals surface area contributed by atoms with Crippen LogP contribution in [0.5, 0.6) is 0 Å². The van der Waals surface area contributed by atoms with Crippen molar-refractivity contribution in [2.45, 2.75) is 59.0 Å². The van der Waals surface area contributed by atoms with Gasteiger partial charge in [0.25, 0.3) is 0 Å². The monoisotopic (exact) mass is 212 g/mol. The molecule has 1 fully saturated rings. The second-order valence-electron chi connectivity index (χ2n) is 4.99. The third kappa shape index (κ3) is 3.76. The van der Waals surface area contributed by atoms with Crippen LogP contribution in [0, 0.1) is 0 Å². The summed E-state index contributed by atoms with van der Waals surface area (Å²) in [6, 6.07) is 1.58. The number of rotatable bonds is 5. The summed E-state index contributed by atoms with van der Waals surface area (Å²) in [5.41, 5.74) is 0. The van der Waals surface area contributed by atoms with Gasteiger partial charge in [0.1, 0.15) is 0 Å². The highest BCUT2D eigenvalue weighted by molar-refractivity contribution is 4.80. The molecule has 2 nitrogen and oxygen atoms in total. The van der Waals surface area contributed by atoms with Crippen LogP contribution in [0.4, 0.5) is 0 Å². The Labute approximate surface area is 95.6 Å². The summed E-state index contributed by atoms with van der Waals surface area (Å²) in [7, 11) is 0. The van der Waals surface area contributed by atoms with Gasteiger partial charge in [-0.25, -0.2) is 0 Å². The second-order valence-corrected chi connectivity index (χ2v) is 4.99. The maximum Gasteiger partial charge on any atom is 0.0119 e. The van der Waals surface area contributed by atoms with Crippen LogP contribution in [-0.2, 0) is 0 Å². The van der Waals surface area contributed by atoms with Gasteiger partial charge in [-0.2, -0.15) is 0 Å². The highest BCUT2D eigenvalue weighted by atomic mass is 15.2. The highest BCUT2D eigenvalue weighted by Crippen LogP contribution is 2.18. The number of likely N-dealkylation sites (tertiary alicyclic amines) is 1. The third-order valence-corrected chi connectivity index (χ3v) is 3.66. The summed E-state index contributed by atoms with van der Waals surface area (Å²) in [6.07, 6.45) is 4.02. The number of hydrogen-bond acceptors (Lipinski definition) is 2. The fourth-order valence-corrected chi connectivity index (χ4v) is 2.65. The molecule has 1 heterocycles. The van der Waals surface area contributed by atoms with Crippen LogP contribution in [0.1, 0.15) is 47.0 Å². The molecule has 0 spiro atoms. The summed E-state index contributed by atoms with van der Waals surface area (Å²) in [5.74, 6) is 0. The Morgan fingerprint density at radius 3 is 2.20 bits per heavy atom. The van der Waals surface area contributed by atoms with Crippen molar-refractivity contribution in [3.8, 4) is 0 Å². The first-order valence-corrected chi connectivity index (χ1v) is 6.67. The van der Waals surface area contributed by atoms with Crippen molar-refractivity contribution in [3.63, 3.8) is 0 Å². The van der Waals surface area contributed by atoms with E-state index < -0.39 is 0 Å². The zero-order valence-corrected chi connectivity index (χ0v) is 11.0. The van der Waals surface area contributed by atoms with Gasteiger partial charge < -0.3 is 9.80 Å². The molecule has 2 heteroatoms. The molecule has 0 aromatic carbocycles. The Morgan fingerprint density at radius 2 is 1.80 bits per heavy atom. The van der Waals surface area contributed by atoms with E-state index in [1.165, 1.54) is 45.4 Å². The van der Waals surface area contributed by atoms with Crippen molar-refractivity contribution in [2.75, 3.05) is 26.2 Å². The Hall–Kier alpha value is -0.0800. The van der Waals surface area contributed by atoms with E-state index >= 15 is 0 Å². The molecule has 1 saturated heterocycles. The quantitative estimate of drug-likeness (QED) is 0.691. The van der Waals surface area contributed by atoms with E-state index in [0.717, 1.165) is 12.1 Å². The molecule has 0 bridgehead atoms. The Balaban J connectivity index is 2.35. The topological polar surface area (TPSA) is 6.48 Å². The molecule has 0 aromatic rings. The third-order valence-electron chi connectivity index (χ3n) is 3.66. The van der Waals surface area contributed by atoms with Crippen molar-refractivity contribution in [3.05, 3.63) is 0 Å². The van der Waals surface area contributed by atoms with Gasteiger partial charge in [0.15, 0.2) is 0 Å². The van der Waals surface area contributed by atoms with Crippen LogP contribution in [0.3, 0.4) is 0 Å². The standard InChI is InChI=1S/C13H28N2/c1-5-9-14(6-2)13-7-10-15(11-8-13)12(3)4/h12-13H,5-11H2,1-4H3. The Bertz CT molecular complexity index is 160. The molecule has 1 aliphatic heterocycles. The fourth-order valence-electron chi connectivity index (χ4n) is 2.65. The molecule has 0 aliphatic carbocycles. The summed E-state index contributed by atoms with van der Waals surface area (Å²) < 4.78 is 0. The SMILES string of the molecule is CCCN(CC)C1CCN(C(C)C)CC1.